The standard InChI is InChI=1S/C20H26N2O/c1-14-8-10-16(11-9-14)19-12-15(2)18(13-21)20(23)22(19)17-6-4-3-5-7-17/h8-12,17H,3-7,13,21H2,1-2H3. The highest BCUT2D eigenvalue weighted by Crippen LogP contribution is 2.32. The van der Waals surface area contributed by atoms with Gasteiger partial charge in [-0.2, -0.15) is 0 Å². The zero-order chi connectivity index (χ0) is 16.4. The van der Waals surface area contributed by atoms with E-state index in [2.05, 4.69) is 37.3 Å². The zero-order valence-electron chi connectivity index (χ0n) is 14.1. The number of rotatable bonds is 3. The van der Waals surface area contributed by atoms with Crippen LogP contribution in [0.2, 0.25) is 0 Å². The molecule has 1 saturated carbocycles. The van der Waals surface area contributed by atoms with Crippen molar-refractivity contribution < 1.29 is 0 Å². The summed E-state index contributed by atoms with van der Waals surface area (Å²) >= 11 is 0. The molecule has 23 heavy (non-hydrogen) atoms. The fourth-order valence-electron chi connectivity index (χ4n) is 3.68. The molecule has 0 unspecified atom stereocenters. The molecule has 0 amide bonds. The molecule has 0 saturated heterocycles. The average Bonchev–Trinajstić information content (AvgIpc) is 2.56. The maximum Gasteiger partial charge on any atom is 0.256 e. The molecule has 1 aromatic carbocycles. The van der Waals surface area contributed by atoms with Crippen LogP contribution < -0.4 is 11.3 Å². The quantitative estimate of drug-likeness (QED) is 0.928. The van der Waals surface area contributed by atoms with E-state index < -0.39 is 0 Å². The number of hydrogen-bond acceptors (Lipinski definition) is 2. The summed E-state index contributed by atoms with van der Waals surface area (Å²) in [5.74, 6) is 0. The molecule has 1 fully saturated rings. The average molecular weight is 310 g/mol. The van der Waals surface area contributed by atoms with Gasteiger partial charge < -0.3 is 10.3 Å². The molecular weight excluding hydrogens is 284 g/mol. The lowest BCUT2D eigenvalue weighted by atomic mass is 9.93. The Balaban J connectivity index is 2.20. The van der Waals surface area contributed by atoms with Crippen molar-refractivity contribution in [2.24, 2.45) is 5.73 Å². The molecule has 2 aromatic rings. The van der Waals surface area contributed by atoms with Gasteiger partial charge in [-0.15, -0.1) is 0 Å². The molecule has 1 aromatic heterocycles. The molecule has 0 aliphatic heterocycles. The Bertz CT molecular complexity index is 737. The summed E-state index contributed by atoms with van der Waals surface area (Å²) in [7, 11) is 0. The second kappa shape index (κ2) is 6.71. The van der Waals surface area contributed by atoms with E-state index in [1.807, 2.05) is 11.5 Å². The predicted molar refractivity (Wildman–Crippen MR) is 95.6 cm³/mol. The molecule has 1 aliphatic carbocycles. The van der Waals surface area contributed by atoms with Crippen LogP contribution in [-0.2, 0) is 6.54 Å². The van der Waals surface area contributed by atoms with Crippen LogP contribution in [0, 0.1) is 13.8 Å². The summed E-state index contributed by atoms with van der Waals surface area (Å²) in [6, 6.07) is 10.9. The van der Waals surface area contributed by atoms with Gasteiger partial charge >= 0.3 is 0 Å². The van der Waals surface area contributed by atoms with Gasteiger partial charge in [0.15, 0.2) is 0 Å². The van der Waals surface area contributed by atoms with Crippen LogP contribution >= 0.6 is 0 Å². The van der Waals surface area contributed by atoms with Crippen LogP contribution in [0.5, 0.6) is 0 Å². The van der Waals surface area contributed by atoms with Gasteiger partial charge in [0.2, 0.25) is 0 Å². The number of benzene rings is 1. The Labute approximate surface area is 138 Å². The van der Waals surface area contributed by atoms with Crippen molar-refractivity contribution >= 4 is 0 Å². The Kier molecular flexibility index (Phi) is 4.67. The summed E-state index contributed by atoms with van der Waals surface area (Å²) in [6.45, 7) is 4.39. The van der Waals surface area contributed by atoms with Crippen LogP contribution in [0.3, 0.4) is 0 Å². The van der Waals surface area contributed by atoms with Gasteiger partial charge in [0.05, 0.1) is 5.69 Å². The number of aryl methyl sites for hydroxylation is 2. The van der Waals surface area contributed by atoms with E-state index in [9.17, 15) is 4.79 Å². The van der Waals surface area contributed by atoms with E-state index in [0.717, 1.165) is 35.2 Å². The Morgan fingerprint density at radius 1 is 1.09 bits per heavy atom. The summed E-state index contributed by atoms with van der Waals surface area (Å²) in [5, 5.41) is 0. The summed E-state index contributed by atoms with van der Waals surface area (Å²) < 4.78 is 2.03. The van der Waals surface area contributed by atoms with Gasteiger partial charge in [0.25, 0.3) is 5.56 Å². The summed E-state index contributed by atoms with van der Waals surface area (Å²) in [4.78, 5) is 13.1. The molecule has 1 aliphatic rings. The first-order chi connectivity index (χ1) is 11.1. The first-order valence-corrected chi connectivity index (χ1v) is 8.64. The van der Waals surface area contributed by atoms with Crippen molar-refractivity contribution in [2.45, 2.75) is 58.5 Å². The van der Waals surface area contributed by atoms with Crippen molar-refractivity contribution in [2.75, 3.05) is 0 Å². The SMILES string of the molecule is Cc1ccc(-c2cc(C)c(CN)c(=O)n2C2CCCCC2)cc1. The number of hydrogen-bond donors (Lipinski definition) is 1. The van der Waals surface area contributed by atoms with Crippen LogP contribution in [0.15, 0.2) is 35.1 Å². The van der Waals surface area contributed by atoms with Gasteiger partial charge in [0.1, 0.15) is 0 Å². The highest BCUT2D eigenvalue weighted by Gasteiger charge is 2.22. The van der Waals surface area contributed by atoms with Crippen molar-refractivity contribution in [3.05, 3.63) is 57.4 Å². The number of aromatic nitrogens is 1. The van der Waals surface area contributed by atoms with Gasteiger partial charge in [0, 0.05) is 18.2 Å². The maximum atomic E-state index is 13.1. The van der Waals surface area contributed by atoms with E-state index in [4.69, 9.17) is 5.73 Å². The maximum absolute atomic E-state index is 13.1. The Morgan fingerprint density at radius 2 is 1.74 bits per heavy atom. The van der Waals surface area contributed by atoms with Crippen LogP contribution in [0.1, 0.15) is 54.8 Å². The monoisotopic (exact) mass is 310 g/mol. The van der Waals surface area contributed by atoms with E-state index in [1.54, 1.807) is 0 Å². The highest BCUT2D eigenvalue weighted by molar-refractivity contribution is 5.61. The lowest BCUT2D eigenvalue weighted by Gasteiger charge is -2.28. The second-order valence-electron chi connectivity index (χ2n) is 6.73. The minimum absolute atomic E-state index is 0.106. The third kappa shape index (κ3) is 3.11. The molecule has 3 rings (SSSR count). The first-order valence-electron chi connectivity index (χ1n) is 8.64. The fourth-order valence-corrected chi connectivity index (χ4v) is 3.68. The molecule has 3 heteroatoms. The predicted octanol–water partition coefficient (Wildman–Crippen LogP) is 4.10. The molecule has 0 radical (unpaired) electrons. The minimum Gasteiger partial charge on any atom is -0.326 e. The van der Waals surface area contributed by atoms with Crippen LogP contribution in [0.4, 0.5) is 0 Å². The molecule has 2 N–H and O–H groups in total. The first kappa shape index (κ1) is 16.0. The third-order valence-corrected chi connectivity index (χ3v) is 5.06. The zero-order valence-corrected chi connectivity index (χ0v) is 14.1. The number of pyridine rings is 1. The van der Waals surface area contributed by atoms with Crippen molar-refractivity contribution in [1.82, 2.24) is 4.57 Å². The Morgan fingerprint density at radius 3 is 2.35 bits per heavy atom. The van der Waals surface area contributed by atoms with Crippen molar-refractivity contribution in [3.63, 3.8) is 0 Å². The normalized spacial score (nSPS) is 15.8. The van der Waals surface area contributed by atoms with Gasteiger partial charge in [-0.3, -0.25) is 4.79 Å². The largest absolute Gasteiger partial charge is 0.326 e. The summed E-state index contributed by atoms with van der Waals surface area (Å²) in [5.41, 5.74) is 11.1. The minimum atomic E-state index is 0.106. The fraction of sp³-hybridized carbons (Fsp3) is 0.450. The van der Waals surface area contributed by atoms with Gasteiger partial charge in [-0.1, -0.05) is 49.1 Å². The lowest BCUT2D eigenvalue weighted by Crippen LogP contribution is -2.32. The molecule has 0 atom stereocenters. The summed E-state index contributed by atoms with van der Waals surface area (Å²) in [6.07, 6.45) is 5.87. The van der Waals surface area contributed by atoms with E-state index in [-0.39, 0.29) is 5.56 Å². The molecular formula is C20H26N2O. The van der Waals surface area contributed by atoms with E-state index >= 15 is 0 Å². The van der Waals surface area contributed by atoms with Gasteiger partial charge in [-0.25, -0.2) is 0 Å². The number of nitrogens with two attached hydrogens (primary N) is 1. The highest BCUT2D eigenvalue weighted by atomic mass is 16.1. The third-order valence-electron chi connectivity index (χ3n) is 5.06. The topological polar surface area (TPSA) is 48.0 Å². The van der Waals surface area contributed by atoms with Crippen molar-refractivity contribution in [1.29, 1.82) is 0 Å². The molecule has 0 bridgehead atoms. The van der Waals surface area contributed by atoms with Gasteiger partial charge in [-0.05, 0) is 43.9 Å². The smallest absolute Gasteiger partial charge is 0.256 e. The molecule has 122 valence electrons. The molecule has 1 heterocycles. The van der Waals surface area contributed by atoms with E-state index in [1.165, 1.54) is 24.8 Å². The number of nitrogens with zero attached hydrogens (tertiary/aromatic N) is 1. The second-order valence-corrected chi connectivity index (χ2v) is 6.73. The van der Waals surface area contributed by atoms with Crippen LogP contribution in [0.25, 0.3) is 11.3 Å². The van der Waals surface area contributed by atoms with E-state index in [0.29, 0.717) is 12.6 Å². The van der Waals surface area contributed by atoms with Crippen LogP contribution in [-0.4, -0.2) is 4.57 Å². The molecule has 0 spiro atoms. The Hall–Kier alpha value is -1.87. The van der Waals surface area contributed by atoms with Crippen molar-refractivity contribution in [3.8, 4) is 11.3 Å². The lowest BCUT2D eigenvalue weighted by molar-refractivity contribution is 0.348. The molecule has 3 nitrogen and oxygen atoms in total.